The molecule has 1 heterocycles. The summed E-state index contributed by atoms with van der Waals surface area (Å²) >= 11 is 0. The van der Waals surface area contributed by atoms with Gasteiger partial charge in [0.1, 0.15) is 5.75 Å². The Kier molecular flexibility index (Phi) is 7.78. The van der Waals surface area contributed by atoms with Crippen LogP contribution in [0.2, 0.25) is 0 Å². The van der Waals surface area contributed by atoms with Crippen LogP contribution in [0.15, 0.2) is 76.2 Å². The maximum atomic E-state index is 12.8. The van der Waals surface area contributed by atoms with E-state index < -0.39 is 10.0 Å². The molecule has 0 radical (unpaired) electrons. The van der Waals surface area contributed by atoms with Crippen molar-refractivity contribution < 1.29 is 27.3 Å². The first-order valence-corrected chi connectivity index (χ1v) is 12.0. The minimum atomic E-state index is -3.67. The van der Waals surface area contributed by atoms with E-state index in [4.69, 9.17) is 9.15 Å². The van der Waals surface area contributed by atoms with Gasteiger partial charge in [-0.15, -0.1) is 0 Å². The van der Waals surface area contributed by atoms with Crippen LogP contribution in [0.25, 0.3) is 0 Å². The summed E-state index contributed by atoms with van der Waals surface area (Å²) in [6.07, 6.45) is 1.61. The highest BCUT2D eigenvalue weighted by Gasteiger charge is 2.22. The lowest BCUT2D eigenvalue weighted by molar-refractivity contribution is -0.891. The number of amides is 1. The molecule has 0 unspecified atom stereocenters. The number of rotatable bonds is 10. The van der Waals surface area contributed by atoms with E-state index in [1.165, 1.54) is 11.4 Å². The molecular formula is C24H30N3O5S+. The Labute approximate surface area is 194 Å². The minimum absolute atomic E-state index is 0.00532. The Morgan fingerprint density at radius 1 is 1.09 bits per heavy atom. The molecule has 3 aromatic rings. The monoisotopic (exact) mass is 472 g/mol. The third-order valence-electron chi connectivity index (χ3n) is 5.34. The van der Waals surface area contributed by atoms with Crippen molar-refractivity contribution in [1.29, 1.82) is 0 Å². The average molecular weight is 473 g/mol. The van der Waals surface area contributed by atoms with Crippen molar-refractivity contribution in [2.75, 3.05) is 38.6 Å². The molecule has 8 nitrogen and oxygen atoms in total. The van der Waals surface area contributed by atoms with Gasteiger partial charge in [0.25, 0.3) is 15.9 Å². The summed E-state index contributed by atoms with van der Waals surface area (Å²) in [5.74, 6) is 1.02. The van der Waals surface area contributed by atoms with Gasteiger partial charge in [0.15, 0.2) is 18.4 Å². The molecule has 0 spiro atoms. The summed E-state index contributed by atoms with van der Waals surface area (Å²) in [6.45, 7) is 2.17. The number of carbonyl (C=O) groups is 1. The maximum absolute atomic E-state index is 12.8. The molecule has 0 aliphatic rings. The first-order valence-electron chi connectivity index (χ1n) is 10.6. The average Bonchev–Trinajstić information content (AvgIpc) is 3.32. The fraction of sp³-hybridized carbons (Fsp3) is 0.292. The maximum Gasteiger partial charge on any atom is 0.264 e. The summed E-state index contributed by atoms with van der Waals surface area (Å²) in [5, 5.41) is 2.86. The predicted molar refractivity (Wildman–Crippen MR) is 126 cm³/mol. The van der Waals surface area contributed by atoms with Gasteiger partial charge in [0.2, 0.25) is 0 Å². The van der Waals surface area contributed by atoms with Gasteiger partial charge >= 0.3 is 0 Å². The number of furan rings is 1. The van der Waals surface area contributed by atoms with Crippen molar-refractivity contribution >= 4 is 21.6 Å². The van der Waals surface area contributed by atoms with Crippen LogP contribution in [0, 0.1) is 6.92 Å². The molecule has 0 aliphatic carbocycles. The molecule has 0 saturated carbocycles. The molecular weight excluding hydrogens is 442 g/mol. The van der Waals surface area contributed by atoms with Crippen molar-refractivity contribution in [2.24, 2.45) is 0 Å². The van der Waals surface area contributed by atoms with Crippen LogP contribution in [-0.2, 0) is 14.8 Å². The Morgan fingerprint density at radius 3 is 2.33 bits per heavy atom. The number of carbonyl (C=O) groups excluding carboxylic acids is 1. The van der Waals surface area contributed by atoms with Gasteiger partial charge in [-0.2, -0.15) is 0 Å². The molecule has 0 bridgehead atoms. The Bertz CT molecular complexity index is 1140. The number of benzene rings is 2. The molecule has 2 aromatic carbocycles. The molecule has 9 heteroatoms. The first-order chi connectivity index (χ1) is 15.7. The van der Waals surface area contributed by atoms with E-state index >= 15 is 0 Å². The van der Waals surface area contributed by atoms with E-state index in [9.17, 15) is 13.2 Å². The van der Waals surface area contributed by atoms with Crippen LogP contribution in [0.4, 0.5) is 5.69 Å². The lowest BCUT2D eigenvalue weighted by Gasteiger charge is -2.20. The zero-order valence-corrected chi connectivity index (χ0v) is 20.1. The predicted octanol–water partition coefficient (Wildman–Crippen LogP) is 1.79. The Morgan fingerprint density at radius 2 is 1.76 bits per heavy atom. The quantitative estimate of drug-likeness (QED) is 0.469. The number of quaternary nitrogens is 1. The summed E-state index contributed by atoms with van der Waals surface area (Å²) in [4.78, 5) is 13.6. The SMILES string of the molecule is Cc1ccc(S(=O)(=O)N(C)c2ccc(OCC(=O)NC[C@@H](c3ccco3)[NH+](C)C)cc2)cc1. The standard InChI is InChI=1S/C24H29N3O5S/c1-18-7-13-21(14-8-18)33(29,30)27(4)19-9-11-20(12-10-19)32-17-24(28)25-16-22(26(2)3)23-6-5-15-31-23/h5-15,22H,16-17H2,1-4H3,(H,25,28)/p+1/t22-/m0/s1. The van der Waals surface area contributed by atoms with Crippen molar-refractivity contribution in [3.05, 3.63) is 78.3 Å². The van der Waals surface area contributed by atoms with Gasteiger partial charge in [0.05, 0.1) is 37.5 Å². The molecule has 2 N–H and O–H groups in total. The van der Waals surface area contributed by atoms with Crippen LogP contribution in [0.1, 0.15) is 17.4 Å². The lowest BCUT2D eigenvalue weighted by atomic mass is 10.2. The number of nitrogens with one attached hydrogen (secondary N) is 2. The molecule has 0 saturated heterocycles. The third-order valence-corrected chi connectivity index (χ3v) is 7.14. The molecule has 176 valence electrons. The van der Waals surface area contributed by atoms with E-state index in [1.807, 2.05) is 33.2 Å². The van der Waals surface area contributed by atoms with Crippen molar-refractivity contribution in [1.82, 2.24) is 5.32 Å². The molecule has 1 atom stereocenters. The first kappa shape index (κ1) is 24.3. The lowest BCUT2D eigenvalue weighted by Crippen LogP contribution is -3.07. The number of ether oxygens (including phenoxy) is 1. The minimum Gasteiger partial charge on any atom is -0.484 e. The number of hydrogen-bond donors (Lipinski definition) is 2. The number of likely N-dealkylation sites (N-methyl/N-ethyl adjacent to an activating group) is 1. The van der Waals surface area contributed by atoms with Crippen LogP contribution in [0.3, 0.4) is 0 Å². The zero-order chi connectivity index (χ0) is 24.0. The fourth-order valence-corrected chi connectivity index (χ4v) is 4.45. The van der Waals surface area contributed by atoms with E-state index in [-0.39, 0.29) is 23.5 Å². The van der Waals surface area contributed by atoms with E-state index in [0.29, 0.717) is 18.0 Å². The van der Waals surface area contributed by atoms with Gasteiger partial charge in [-0.3, -0.25) is 9.10 Å². The fourth-order valence-electron chi connectivity index (χ4n) is 3.25. The second-order valence-corrected chi connectivity index (χ2v) is 9.99. The third kappa shape index (κ3) is 6.15. The molecule has 0 aliphatic heterocycles. The van der Waals surface area contributed by atoms with Crippen molar-refractivity contribution in [3.8, 4) is 5.75 Å². The van der Waals surface area contributed by atoms with E-state index in [1.54, 1.807) is 54.8 Å². The number of sulfonamides is 1. The van der Waals surface area contributed by atoms with E-state index in [0.717, 1.165) is 16.2 Å². The largest absolute Gasteiger partial charge is 0.484 e. The molecule has 1 aromatic heterocycles. The summed E-state index contributed by atoms with van der Waals surface area (Å²) in [5.41, 5.74) is 1.48. The highest BCUT2D eigenvalue weighted by Crippen LogP contribution is 2.24. The molecule has 33 heavy (non-hydrogen) atoms. The molecule has 1 amide bonds. The van der Waals surface area contributed by atoms with Gasteiger partial charge in [-0.05, 0) is 55.5 Å². The normalized spacial score (nSPS) is 12.4. The smallest absolute Gasteiger partial charge is 0.264 e. The summed E-state index contributed by atoms with van der Waals surface area (Å²) in [6, 6.07) is 17.0. The Balaban J connectivity index is 1.55. The summed E-state index contributed by atoms with van der Waals surface area (Å²) in [7, 11) is 1.82. The second kappa shape index (κ2) is 10.5. The summed E-state index contributed by atoms with van der Waals surface area (Å²) < 4.78 is 37.9. The second-order valence-electron chi connectivity index (χ2n) is 8.02. The number of hydrogen-bond acceptors (Lipinski definition) is 5. The molecule has 3 rings (SSSR count). The highest BCUT2D eigenvalue weighted by atomic mass is 32.2. The molecule has 0 fully saturated rings. The van der Waals surface area contributed by atoms with Crippen LogP contribution >= 0.6 is 0 Å². The Hall–Kier alpha value is -3.30. The van der Waals surface area contributed by atoms with Crippen molar-refractivity contribution in [3.63, 3.8) is 0 Å². The van der Waals surface area contributed by atoms with Gasteiger partial charge < -0.3 is 19.4 Å². The van der Waals surface area contributed by atoms with Crippen molar-refractivity contribution in [2.45, 2.75) is 17.9 Å². The van der Waals surface area contributed by atoms with Gasteiger partial charge in [-0.25, -0.2) is 8.42 Å². The number of aryl methyl sites for hydroxylation is 1. The van der Waals surface area contributed by atoms with Crippen LogP contribution < -0.4 is 19.3 Å². The van der Waals surface area contributed by atoms with Crippen LogP contribution in [0.5, 0.6) is 5.75 Å². The number of nitrogens with zero attached hydrogens (tertiary/aromatic N) is 1. The number of anilines is 1. The van der Waals surface area contributed by atoms with E-state index in [2.05, 4.69) is 5.32 Å². The van der Waals surface area contributed by atoms with Crippen LogP contribution in [-0.4, -0.2) is 48.6 Å². The van der Waals surface area contributed by atoms with Gasteiger partial charge in [-0.1, -0.05) is 17.7 Å². The highest BCUT2D eigenvalue weighted by molar-refractivity contribution is 7.92. The topological polar surface area (TPSA) is 93.3 Å². The zero-order valence-electron chi connectivity index (χ0n) is 19.2. The van der Waals surface area contributed by atoms with Gasteiger partial charge in [0, 0.05) is 7.05 Å².